The van der Waals surface area contributed by atoms with Gasteiger partial charge in [0.25, 0.3) is 0 Å². The summed E-state index contributed by atoms with van der Waals surface area (Å²) < 4.78 is 4.68. The number of hydrogen-bond donors (Lipinski definition) is 4. The molecule has 0 saturated carbocycles. The highest BCUT2D eigenvalue weighted by Crippen LogP contribution is 2.33. The molecule has 0 amide bonds. The summed E-state index contributed by atoms with van der Waals surface area (Å²) in [6.07, 6.45) is 0. The quantitative estimate of drug-likeness (QED) is 0.537. The molecule has 0 aliphatic rings. The highest BCUT2D eigenvalue weighted by molar-refractivity contribution is 5.73. The number of rotatable bonds is 5. The molecule has 0 fully saturated rings. The minimum Gasteiger partial charge on any atom is -0.504 e. The Kier molecular flexibility index (Phi) is 5.00. The molecule has 5 heteroatoms. The fourth-order valence-corrected chi connectivity index (χ4v) is 2.69. The number of phenolic OH excluding ortho intramolecular Hbond substituents is 1. The van der Waals surface area contributed by atoms with Gasteiger partial charge in [-0.2, -0.15) is 0 Å². The predicted octanol–water partition coefficient (Wildman–Crippen LogP) is 2.87. The predicted molar refractivity (Wildman–Crippen MR) is 93.8 cm³/mol. The molecule has 25 heavy (non-hydrogen) atoms. The van der Waals surface area contributed by atoms with Crippen molar-refractivity contribution in [2.45, 2.75) is 13.1 Å². The standard InChI is InChI=1S/C20H18O5/c21-12-16-3-1-2-4-17(16)14-7-5-13(6-8-14)15-9-10-19(18(22)11-15)25-20(23)24/h1-11,20-24H,12H2. The van der Waals surface area contributed by atoms with Crippen LogP contribution in [0.5, 0.6) is 11.5 Å². The van der Waals surface area contributed by atoms with Crippen LogP contribution in [0.1, 0.15) is 5.56 Å². The topological polar surface area (TPSA) is 90.2 Å². The van der Waals surface area contributed by atoms with Gasteiger partial charge in [0.2, 0.25) is 0 Å². The van der Waals surface area contributed by atoms with Gasteiger partial charge in [0.1, 0.15) is 0 Å². The van der Waals surface area contributed by atoms with Crippen molar-refractivity contribution in [3.63, 3.8) is 0 Å². The maximum absolute atomic E-state index is 9.93. The third kappa shape index (κ3) is 3.80. The van der Waals surface area contributed by atoms with E-state index in [1.807, 2.05) is 48.5 Å². The van der Waals surface area contributed by atoms with E-state index >= 15 is 0 Å². The summed E-state index contributed by atoms with van der Waals surface area (Å²) in [5.41, 5.74) is 4.47. The fraction of sp³-hybridized carbons (Fsp3) is 0.100. The van der Waals surface area contributed by atoms with Gasteiger partial charge in [0, 0.05) is 0 Å². The average molecular weight is 338 g/mol. The first-order chi connectivity index (χ1) is 12.1. The van der Waals surface area contributed by atoms with Crippen LogP contribution in [0.15, 0.2) is 66.7 Å². The lowest BCUT2D eigenvalue weighted by Gasteiger charge is -2.11. The van der Waals surface area contributed by atoms with Crippen LogP contribution in [0.2, 0.25) is 0 Å². The van der Waals surface area contributed by atoms with Gasteiger partial charge >= 0.3 is 6.48 Å². The summed E-state index contributed by atoms with van der Waals surface area (Å²) in [7, 11) is 0. The van der Waals surface area contributed by atoms with E-state index in [0.29, 0.717) is 0 Å². The fourth-order valence-electron chi connectivity index (χ4n) is 2.69. The van der Waals surface area contributed by atoms with Crippen LogP contribution >= 0.6 is 0 Å². The molecule has 0 aliphatic carbocycles. The molecule has 3 aromatic carbocycles. The Balaban J connectivity index is 1.89. The van der Waals surface area contributed by atoms with Gasteiger partial charge in [-0.15, -0.1) is 0 Å². The van der Waals surface area contributed by atoms with E-state index in [9.17, 15) is 10.2 Å². The van der Waals surface area contributed by atoms with Gasteiger partial charge in [-0.3, -0.25) is 0 Å². The molecular weight excluding hydrogens is 320 g/mol. The van der Waals surface area contributed by atoms with Crippen LogP contribution in [0.3, 0.4) is 0 Å². The first kappa shape index (κ1) is 17.0. The van der Waals surface area contributed by atoms with Gasteiger partial charge in [-0.05, 0) is 39.9 Å². The molecule has 0 aliphatic heterocycles. The van der Waals surface area contributed by atoms with Crippen molar-refractivity contribution in [3.05, 3.63) is 72.3 Å². The summed E-state index contributed by atoms with van der Waals surface area (Å²) >= 11 is 0. The summed E-state index contributed by atoms with van der Waals surface area (Å²) in [4.78, 5) is 0. The number of hydrogen-bond acceptors (Lipinski definition) is 5. The van der Waals surface area contributed by atoms with Crippen LogP contribution < -0.4 is 4.74 Å². The first-order valence-corrected chi connectivity index (χ1v) is 7.74. The van der Waals surface area contributed by atoms with Crippen molar-refractivity contribution in [2.24, 2.45) is 0 Å². The molecule has 0 unspecified atom stereocenters. The van der Waals surface area contributed by atoms with Gasteiger partial charge in [-0.25, -0.2) is 0 Å². The minimum absolute atomic E-state index is 0.00718. The highest BCUT2D eigenvalue weighted by atomic mass is 16.7. The van der Waals surface area contributed by atoms with Crippen LogP contribution in [0.25, 0.3) is 22.3 Å². The lowest BCUT2D eigenvalue weighted by molar-refractivity contribution is -0.180. The minimum atomic E-state index is -1.98. The molecule has 5 nitrogen and oxygen atoms in total. The van der Waals surface area contributed by atoms with E-state index in [1.54, 1.807) is 6.07 Å². The van der Waals surface area contributed by atoms with E-state index < -0.39 is 6.48 Å². The van der Waals surface area contributed by atoms with Crippen LogP contribution in [0.4, 0.5) is 0 Å². The summed E-state index contributed by atoms with van der Waals surface area (Å²) in [5.74, 6) is -0.187. The van der Waals surface area contributed by atoms with E-state index in [1.165, 1.54) is 12.1 Å². The number of aromatic hydroxyl groups is 1. The third-order valence-electron chi connectivity index (χ3n) is 3.91. The number of ether oxygens (including phenoxy) is 1. The summed E-state index contributed by atoms with van der Waals surface area (Å²) in [5, 5.41) is 37.0. The number of benzene rings is 3. The molecule has 4 N–H and O–H groups in total. The normalized spacial score (nSPS) is 10.9. The smallest absolute Gasteiger partial charge is 0.310 e. The maximum atomic E-state index is 9.93. The zero-order valence-corrected chi connectivity index (χ0v) is 13.3. The lowest BCUT2D eigenvalue weighted by atomic mass is 9.97. The van der Waals surface area contributed by atoms with Crippen molar-refractivity contribution in [3.8, 4) is 33.8 Å². The molecule has 0 aromatic heterocycles. The Morgan fingerprint density at radius 1 is 0.800 bits per heavy atom. The third-order valence-corrected chi connectivity index (χ3v) is 3.91. The molecule has 128 valence electrons. The van der Waals surface area contributed by atoms with Crippen molar-refractivity contribution in [1.29, 1.82) is 0 Å². The van der Waals surface area contributed by atoms with Crippen LogP contribution in [-0.2, 0) is 6.61 Å². The number of phenols is 1. The highest BCUT2D eigenvalue weighted by Gasteiger charge is 2.09. The second kappa shape index (κ2) is 7.36. The zero-order valence-electron chi connectivity index (χ0n) is 13.3. The molecule has 0 atom stereocenters. The molecule has 0 bridgehead atoms. The van der Waals surface area contributed by atoms with Gasteiger partial charge in [0.05, 0.1) is 6.61 Å². The average Bonchev–Trinajstić information content (AvgIpc) is 2.63. The molecule has 0 saturated heterocycles. The van der Waals surface area contributed by atoms with Crippen LogP contribution in [0, 0.1) is 0 Å². The maximum Gasteiger partial charge on any atom is 0.310 e. The molecule has 3 rings (SSSR count). The largest absolute Gasteiger partial charge is 0.504 e. The molecule has 0 heterocycles. The first-order valence-electron chi connectivity index (χ1n) is 7.74. The molecule has 3 aromatic rings. The molecular formula is C20H18O5. The Morgan fingerprint density at radius 2 is 1.44 bits per heavy atom. The van der Waals surface area contributed by atoms with E-state index in [2.05, 4.69) is 4.74 Å². The van der Waals surface area contributed by atoms with Crippen molar-refractivity contribution < 1.29 is 25.2 Å². The van der Waals surface area contributed by atoms with Gasteiger partial charge < -0.3 is 25.2 Å². The van der Waals surface area contributed by atoms with E-state index in [0.717, 1.165) is 27.8 Å². The summed E-state index contributed by atoms with van der Waals surface area (Å²) in [6, 6.07) is 20.1. The number of aliphatic hydroxyl groups is 3. The molecule has 0 spiro atoms. The second-order valence-corrected chi connectivity index (χ2v) is 5.52. The zero-order chi connectivity index (χ0) is 17.8. The summed E-state index contributed by atoms with van der Waals surface area (Å²) in [6.45, 7) is -2.01. The van der Waals surface area contributed by atoms with Gasteiger partial charge in [0.15, 0.2) is 11.5 Å². The molecule has 0 radical (unpaired) electrons. The van der Waals surface area contributed by atoms with Crippen molar-refractivity contribution >= 4 is 0 Å². The van der Waals surface area contributed by atoms with Crippen molar-refractivity contribution in [2.75, 3.05) is 0 Å². The van der Waals surface area contributed by atoms with E-state index in [-0.39, 0.29) is 18.1 Å². The lowest BCUT2D eigenvalue weighted by Crippen LogP contribution is -2.13. The SMILES string of the molecule is OCc1ccccc1-c1ccc(-c2ccc(OC(O)O)c(O)c2)cc1. The Bertz CT molecular complexity index is 856. The Morgan fingerprint density at radius 3 is 2.08 bits per heavy atom. The van der Waals surface area contributed by atoms with E-state index in [4.69, 9.17) is 10.2 Å². The Labute approximate surface area is 145 Å². The monoisotopic (exact) mass is 338 g/mol. The second-order valence-electron chi connectivity index (χ2n) is 5.52. The van der Waals surface area contributed by atoms with Gasteiger partial charge in [-0.1, -0.05) is 54.6 Å². The van der Waals surface area contributed by atoms with Crippen LogP contribution in [-0.4, -0.2) is 26.9 Å². The van der Waals surface area contributed by atoms with Crippen molar-refractivity contribution in [1.82, 2.24) is 0 Å². The Hall–Kier alpha value is -2.86. The number of aliphatic hydroxyl groups excluding tert-OH is 2.